The lowest BCUT2D eigenvalue weighted by molar-refractivity contribution is -0.145. The molecule has 1 N–H and O–H groups in total. The molecule has 0 saturated heterocycles. The molecule has 0 aliphatic rings. The van der Waals surface area contributed by atoms with Crippen molar-refractivity contribution in [2.45, 2.75) is 6.10 Å². The first-order valence-corrected chi connectivity index (χ1v) is 5.75. The maximum atomic E-state index is 11.3. The van der Waals surface area contributed by atoms with Gasteiger partial charge in [0.15, 0.2) is 0 Å². The first-order valence-electron chi connectivity index (χ1n) is 5.37. The summed E-state index contributed by atoms with van der Waals surface area (Å²) in [5.74, 6) is -0.586. The summed E-state index contributed by atoms with van der Waals surface area (Å²) in [4.78, 5) is 11.3. The molecule has 0 radical (unpaired) electrons. The number of aliphatic carboxylic acids is 1. The van der Waals surface area contributed by atoms with Gasteiger partial charge >= 0.3 is 5.97 Å². The summed E-state index contributed by atoms with van der Waals surface area (Å²) in [6.07, 6.45) is -1.11. The van der Waals surface area contributed by atoms with Crippen molar-refractivity contribution in [1.82, 2.24) is 0 Å². The van der Waals surface area contributed by atoms with E-state index < -0.39 is 12.1 Å². The smallest absolute Gasteiger partial charge is 0.349 e. The largest absolute Gasteiger partial charge is 0.478 e. The van der Waals surface area contributed by atoms with Crippen LogP contribution in [0.25, 0.3) is 0 Å². The van der Waals surface area contributed by atoms with E-state index in [9.17, 15) is 9.90 Å². The third-order valence-electron chi connectivity index (χ3n) is 2.41. The minimum atomic E-state index is -1.11. The fourth-order valence-corrected chi connectivity index (χ4v) is 1.80. The van der Waals surface area contributed by atoms with Gasteiger partial charge in [-0.1, -0.05) is 48.0 Å². The lowest BCUT2D eigenvalue weighted by Gasteiger charge is -2.16. The van der Waals surface area contributed by atoms with E-state index in [4.69, 9.17) is 16.3 Å². The Bertz CT molecular complexity index is 540. The van der Waals surface area contributed by atoms with Crippen LogP contribution in [0.2, 0.25) is 5.02 Å². The second-order valence-corrected chi connectivity index (χ2v) is 4.08. The molecular weight excluding hydrogens is 252 g/mol. The predicted octanol–water partition coefficient (Wildman–Crippen LogP) is 3.54. The zero-order chi connectivity index (χ0) is 13.0. The number of halogens is 1. The number of hydrogen-bond donors (Lipinski definition) is 1. The topological polar surface area (TPSA) is 46.5 Å². The molecule has 0 bridgehead atoms. The van der Waals surface area contributed by atoms with Gasteiger partial charge < -0.3 is 9.84 Å². The van der Waals surface area contributed by atoms with E-state index in [2.05, 4.69) is 0 Å². The third kappa shape index (κ3) is 2.81. The highest BCUT2D eigenvalue weighted by atomic mass is 35.5. The molecule has 3 nitrogen and oxygen atoms in total. The molecule has 0 fully saturated rings. The SMILES string of the molecule is O=C(O)C(Oc1ccccc1)c1ccccc1Cl. The Morgan fingerprint density at radius 1 is 1.06 bits per heavy atom. The summed E-state index contributed by atoms with van der Waals surface area (Å²) in [5.41, 5.74) is 0.440. The first kappa shape index (κ1) is 12.5. The summed E-state index contributed by atoms with van der Waals surface area (Å²) >= 11 is 5.99. The number of benzene rings is 2. The zero-order valence-corrected chi connectivity index (χ0v) is 10.2. The number of carboxylic acids is 1. The molecule has 92 valence electrons. The summed E-state index contributed by atoms with van der Waals surface area (Å²) < 4.78 is 5.46. The van der Waals surface area contributed by atoms with E-state index in [1.54, 1.807) is 48.5 Å². The third-order valence-corrected chi connectivity index (χ3v) is 2.75. The monoisotopic (exact) mass is 262 g/mol. The van der Waals surface area contributed by atoms with Gasteiger partial charge in [-0.2, -0.15) is 0 Å². The quantitative estimate of drug-likeness (QED) is 0.917. The van der Waals surface area contributed by atoms with Crippen molar-refractivity contribution >= 4 is 17.6 Å². The van der Waals surface area contributed by atoms with Gasteiger partial charge in [0.2, 0.25) is 6.10 Å². The molecule has 2 aromatic rings. The Labute approximate surface area is 110 Å². The van der Waals surface area contributed by atoms with Gasteiger partial charge in [-0.3, -0.25) is 0 Å². The molecule has 2 aromatic carbocycles. The van der Waals surface area contributed by atoms with Crippen molar-refractivity contribution in [1.29, 1.82) is 0 Å². The average Bonchev–Trinajstić information content (AvgIpc) is 2.38. The minimum absolute atomic E-state index is 0.376. The molecule has 0 aliphatic heterocycles. The summed E-state index contributed by atoms with van der Waals surface area (Å²) in [7, 11) is 0. The van der Waals surface area contributed by atoms with Crippen LogP contribution in [0.3, 0.4) is 0 Å². The standard InChI is InChI=1S/C14H11ClO3/c15-12-9-5-4-8-11(12)13(14(16)17)18-10-6-2-1-3-7-10/h1-9,13H,(H,16,17). The van der Waals surface area contributed by atoms with Crippen LogP contribution in [-0.4, -0.2) is 11.1 Å². The number of carbonyl (C=O) groups is 1. The molecule has 1 atom stereocenters. The van der Waals surface area contributed by atoms with E-state index in [-0.39, 0.29) is 0 Å². The summed E-state index contributed by atoms with van der Waals surface area (Å²) in [6.45, 7) is 0. The molecule has 18 heavy (non-hydrogen) atoms. The highest BCUT2D eigenvalue weighted by Crippen LogP contribution is 2.27. The zero-order valence-electron chi connectivity index (χ0n) is 9.42. The highest BCUT2D eigenvalue weighted by Gasteiger charge is 2.23. The van der Waals surface area contributed by atoms with Crippen molar-refractivity contribution in [3.63, 3.8) is 0 Å². The van der Waals surface area contributed by atoms with Crippen LogP contribution in [-0.2, 0) is 4.79 Å². The lowest BCUT2D eigenvalue weighted by atomic mass is 10.1. The van der Waals surface area contributed by atoms with Crippen LogP contribution < -0.4 is 4.74 Å². The van der Waals surface area contributed by atoms with Crippen LogP contribution >= 0.6 is 11.6 Å². The normalized spacial score (nSPS) is 11.8. The number of rotatable bonds is 4. The van der Waals surface area contributed by atoms with Crippen LogP contribution in [0.5, 0.6) is 5.75 Å². The van der Waals surface area contributed by atoms with Gasteiger partial charge in [-0.05, 0) is 18.2 Å². The fourth-order valence-electron chi connectivity index (χ4n) is 1.57. The predicted molar refractivity (Wildman–Crippen MR) is 68.9 cm³/mol. The van der Waals surface area contributed by atoms with E-state index in [1.807, 2.05) is 6.07 Å². The second-order valence-electron chi connectivity index (χ2n) is 3.67. The molecule has 0 amide bonds. The Morgan fingerprint density at radius 3 is 2.28 bits per heavy atom. The van der Waals surface area contributed by atoms with E-state index in [0.717, 1.165) is 0 Å². The van der Waals surface area contributed by atoms with Gasteiger partial charge in [-0.25, -0.2) is 4.79 Å². The number of para-hydroxylation sites is 1. The molecular formula is C14H11ClO3. The number of ether oxygens (including phenoxy) is 1. The van der Waals surface area contributed by atoms with Gasteiger partial charge in [0.25, 0.3) is 0 Å². The van der Waals surface area contributed by atoms with Crippen molar-refractivity contribution in [2.24, 2.45) is 0 Å². The molecule has 1 unspecified atom stereocenters. The van der Waals surface area contributed by atoms with Crippen molar-refractivity contribution in [2.75, 3.05) is 0 Å². The Balaban J connectivity index is 2.30. The Kier molecular flexibility index (Phi) is 3.85. The van der Waals surface area contributed by atoms with Crippen LogP contribution in [0.4, 0.5) is 0 Å². The van der Waals surface area contributed by atoms with E-state index >= 15 is 0 Å². The first-order chi connectivity index (χ1) is 8.68. The summed E-state index contributed by atoms with van der Waals surface area (Å²) in [5, 5.41) is 9.60. The van der Waals surface area contributed by atoms with E-state index in [1.165, 1.54) is 0 Å². The van der Waals surface area contributed by atoms with Gasteiger partial charge in [-0.15, -0.1) is 0 Å². The van der Waals surface area contributed by atoms with Gasteiger partial charge in [0, 0.05) is 10.6 Å². The van der Waals surface area contributed by atoms with Crippen molar-refractivity contribution < 1.29 is 14.6 Å². The van der Waals surface area contributed by atoms with Gasteiger partial charge in [0.1, 0.15) is 5.75 Å². The van der Waals surface area contributed by atoms with Crippen LogP contribution in [0, 0.1) is 0 Å². The van der Waals surface area contributed by atoms with E-state index in [0.29, 0.717) is 16.3 Å². The maximum absolute atomic E-state index is 11.3. The molecule has 0 saturated carbocycles. The van der Waals surface area contributed by atoms with Crippen LogP contribution in [0.1, 0.15) is 11.7 Å². The molecule has 0 aliphatic carbocycles. The molecule has 0 spiro atoms. The van der Waals surface area contributed by atoms with Gasteiger partial charge in [0.05, 0.1) is 0 Å². The number of carboxylic acid groups (broad SMARTS) is 1. The number of hydrogen-bond acceptors (Lipinski definition) is 2. The summed E-state index contributed by atoms with van der Waals surface area (Å²) in [6, 6.07) is 15.5. The second kappa shape index (κ2) is 5.56. The highest BCUT2D eigenvalue weighted by molar-refractivity contribution is 6.31. The minimum Gasteiger partial charge on any atom is -0.478 e. The van der Waals surface area contributed by atoms with Crippen molar-refractivity contribution in [3.8, 4) is 5.75 Å². The Morgan fingerprint density at radius 2 is 1.67 bits per heavy atom. The lowest BCUT2D eigenvalue weighted by Crippen LogP contribution is -2.18. The van der Waals surface area contributed by atoms with Crippen LogP contribution in [0.15, 0.2) is 54.6 Å². The molecule has 4 heteroatoms. The fraction of sp³-hybridized carbons (Fsp3) is 0.0714. The molecule has 0 aromatic heterocycles. The molecule has 2 rings (SSSR count). The van der Waals surface area contributed by atoms with Crippen molar-refractivity contribution in [3.05, 3.63) is 65.2 Å². The maximum Gasteiger partial charge on any atom is 0.349 e. The average molecular weight is 263 g/mol. The molecule has 0 heterocycles. The Hall–Kier alpha value is -2.00.